The van der Waals surface area contributed by atoms with Gasteiger partial charge < -0.3 is 5.73 Å². The normalized spacial score (nSPS) is 16.1. The highest BCUT2D eigenvalue weighted by Crippen LogP contribution is 2.19. The van der Waals surface area contributed by atoms with Gasteiger partial charge in [0.2, 0.25) is 0 Å². The van der Waals surface area contributed by atoms with Gasteiger partial charge in [0.25, 0.3) is 0 Å². The van der Waals surface area contributed by atoms with Gasteiger partial charge in [-0.3, -0.25) is 4.72 Å². The molecule has 1 aromatic rings. The maximum Gasteiger partial charge on any atom is 0.301 e. The van der Waals surface area contributed by atoms with Gasteiger partial charge in [-0.25, -0.2) is 0 Å². The number of hydrogen-bond donors (Lipinski definition) is 2. The third kappa shape index (κ3) is 4.21. The predicted octanol–water partition coefficient (Wildman–Crippen LogP) is 1.45. The number of nitrogens with zero attached hydrogens (tertiary/aromatic N) is 1. The van der Waals surface area contributed by atoms with Crippen LogP contribution >= 0.6 is 0 Å². The molecule has 0 aromatic heterocycles. The molecule has 1 saturated heterocycles. The van der Waals surface area contributed by atoms with E-state index in [4.69, 9.17) is 5.73 Å². The Morgan fingerprint density at radius 3 is 2.62 bits per heavy atom. The SMILES string of the molecule is Cc1cc(NS(=O)(=O)N2CCCCC2)ccc1C#CCN. The van der Waals surface area contributed by atoms with Gasteiger partial charge in [-0.1, -0.05) is 18.3 Å². The maximum atomic E-state index is 12.3. The summed E-state index contributed by atoms with van der Waals surface area (Å²) in [6.45, 7) is 3.39. The summed E-state index contributed by atoms with van der Waals surface area (Å²) in [7, 11) is -3.46. The van der Waals surface area contributed by atoms with Crippen LogP contribution in [0.3, 0.4) is 0 Å². The topological polar surface area (TPSA) is 75.4 Å². The lowest BCUT2D eigenvalue weighted by atomic mass is 10.1. The van der Waals surface area contributed by atoms with E-state index in [1.54, 1.807) is 12.1 Å². The number of aryl methyl sites for hydroxylation is 1. The summed E-state index contributed by atoms with van der Waals surface area (Å²) >= 11 is 0. The molecule has 2 rings (SSSR count). The minimum absolute atomic E-state index is 0.308. The van der Waals surface area contributed by atoms with Crippen LogP contribution in [0.15, 0.2) is 18.2 Å². The summed E-state index contributed by atoms with van der Waals surface area (Å²) in [5.74, 6) is 5.76. The van der Waals surface area contributed by atoms with E-state index < -0.39 is 10.2 Å². The van der Waals surface area contributed by atoms with Gasteiger partial charge in [0.05, 0.1) is 12.2 Å². The molecule has 0 atom stereocenters. The maximum absolute atomic E-state index is 12.3. The van der Waals surface area contributed by atoms with Crippen molar-refractivity contribution in [3.63, 3.8) is 0 Å². The van der Waals surface area contributed by atoms with Crippen molar-refractivity contribution in [1.29, 1.82) is 0 Å². The van der Waals surface area contributed by atoms with Crippen molar-refractivity contribution >= 4 is 15.9 Å². The van der Waals surface area contributed by atoms with Crippen LogP contribution in [-0.4, -0.2) is 32.4 Å². The minimum Gasteiger partial charge on any atom is -0.320 e. The molecule has 1 aromatic carbocycles. The number of rotatable bonds is 3. The Morgan fingerprint density at radius 1 is 1.29 bits per heavy atom. The summed E-state index contributed by atoms with van der Waals surface area (Å²) in [5, 5.41) is 0. The summed E-state index contributed by atoms with van der Waals surface area (Å²) in [5.41, 5.74) is 7.71. The molecule has 0 radical (unpaired) electrons. The Labute approximate surface area is 126 Å². The molecule has 114 valence electrons. The second kappa shape index (κ2) is 6.94. The molecule has 6 heteroatoms. The van der Waals surface area contributed by atoms with E-state index in [-0.39, 0.29) is 0 Å². The van der Waals surface area contributed by atoms with Gasteiger partial charge in [-0.15, -0.1) is 0 Å². The van der Waals surface area contributed by atoms with Gasteiger partial charge in [0.1, 0.15) is 0 Å². The van der Waals surface area contributed by atoms with Crippen LogP contribution < -0.4 is 10.5 Å². The molecule has 0 spiro atoms. The minimum atomic E-state index is -3.46. The summed E-state index contributed by atoms with van der Waals surface area (Å²) in [6.07, 6.45) is 2.95. The van der Waals surface area contributed by atoms with Crippen molar-refractivity contribution in [1.82, 2.24) is 4.31 Å². The lowest BCUT2D eigenvalue weighted by Crippen LogP contribution is -2.39. The number of benzene rings is 1. The molecule has 1 fully saturated rings. The Morgan fingerprint density at radius 2 is 2.00 bits per heavy atom. The monoisotopic (exact) mass is 307 g/mol. The fraction of sp³-hybridized carbons (Fsp3) is 0.467. The molecule has 1 heterocycles. The number of anilines is 1. The molecule has 1 aliphatic heterocycles. The number of piperidine rings is 1. The van der Waals surface area contributed by atoms with Crippen molar-refractivity contribution in [2.75, 3.05) is 24.4 Å². The molecule has 0 aliphatic carbocycles. The lowest BCUT2D eigenvalue weighted by Gasteiger charge is -2.26. The molecule has 0 amide bonds. The van der Waals surface area contributed by atoms with Crippen LogP contribution in [0.5, 0.6) is 0 Å². The van der Waals surface area contributed by atoms with Crippen LogP contribution in [0.25, 0.3) is 0 Å². The first-order chi connectivity index (χ1) is 10.0. The zero-order valence-corrected chi connectivity index (χ0v) is 13.0. The first kappa shape index (κ1) is 15.8. The van der Waals surface area contributed by atoms with Crippen molar-refractivity contribution in [2.24, 2.45) is 5.73 Å². The van der Waals surface area contributed by atoms with E-state index in [2.05, 4.69) is 16.6 Å². The number of nitrogens with one attached hydrogen (secondary N) is 1. The van der Waals surface area contributed by atoms with Gasteiger partial charge >= 0.3 is 10.2 Å². The average molecular weight is 307 g/mol. The molecule has 0 unspecified atom stereocenters. The zero-order valence-electron chi connectivity index (χ0n) is 12.2. The first-order valence-corrected chi connectivity index (χ1v) is 8.54. The van der Waals surface area contributed by atoms with E-state index in [0.717, 1.165) is 30.4 Å². The average Bonchev–Trinajstić information content (AvgIpc) is 2.47. The van der Waals surface area contributed by atoms with Crippen molar-refractivity contribution in [3.05, 3.63) is 29.3 Å². The fourth-order valence-corrected chi connectivity index (χ4v) is 3.63. The summed E-state index contributed by atoms with van der Waals surface area (Å²) in [6, 6.07) is 5.34. The van der Waals surface area contributed by atoms with Crippen molar-refractivity contribution in [2.45, 2.75) is 26.2 Å². The highest BCUT2D eigenvalue weighted by molar-refractivity contribution is 7.90. The quantitative estimate of drug-likeness (QED) is 0.830. The predicted molar refractivity (Wildman–Crippen MR) is 85.1 cm³/mol. The van der Waals surface area contributed by atoms with Gasteiger partial charge in [0, 0.05) is 18.7 Å². The molecule has 0 bridgehead atoms. The van der Waals surface area contributed by atoms with Crippen LogP contribution in [0.1, 0.15) is 30.4 Å². The zero-order chi connectivity index (χ0) is 15.3. The Hall–Kier alpha value is -1.55. The molecular formula is C15H21N3O2S. The molecule has 5 nitrogen and oxygen atoms in total. The highest BCUT2D eigenvalue weighted by Gasteiger charge is 2.23. The molecule has 21 heavy (non-hydrogen) atoms. The van der Waals surface area contributed by atoms with Crippen LogP contribution in [-0.2, 0) is 10.2 Å². The molecular weight excluding hydrogens is 286 g/mol. The molecule has 3 N–H and O–H groups in total. The second-order valence-electron chi connectivity index (χ2n) is 5.10. The Bertz CT molecular complexity index is 653. The number of nitrogens with two attached hydrogens (primary N) is 1. The smallest absolute Gasteiger partial charge is 0.301 e. The standard InChI is InChI=1S/C15H21N3O2S/c1-13-12-15(8-7-14(13)6-5-9-16)17-21(19,20)18-10-3-2-4-11-18/h7-8,12,17H,2-4,9-11,16H2,1H3. The van der Waals surface area contributed by atoms with E-state index >= 15 is 0 Å². The van der Waals surface area contributed by atoms with Gasteiger partial charge in [-0.05, 0) is 43.5 Å². The van der Waals surface area contributed by atoms with E-state index in [1.165, 1.54) is 4.31 Å². The molecule has 1 aliphatic rings. The van der Waals surface area contributed by atoms with Crippen LogP contribution in [0, 0.1) is 18.8 Å². The second-order valence-corrected chi connectivity index (χ2v) is 6.77. The summed E-state index contributed by atoms with van der Waals surface area (Å²) in [4.78, 5) is 0. The summed E-state index contributed by atoms with van der Waals surface area (Å²) < 4.78 is 28.7. The van der Waals surface area contributed by atoms with Crippen molar-refractivity contribution < 1.29 is 8.42 Å². The van der Waals surface area contributed by atoms with E-state index in [1.807, 2.05) is 13.0 Å². The Balaban J connectivity index is 2.14. The fourth-order valence-electron chi connectivity index (χ4n) is 2.33. The van der Waals surface area contributed by atoms with Crippen molar-refractivity contribution in [3.8, 4) is 11.8 Å². The van der Waals surface area contributed by atoms with Gasteiger partial charge in [-0.2, -0.15) is 12.7 Å². The van der Waals surface area contributed by atoms with E-state index in [0.29, 0.717) is 25.3 Å². The highest BCUT2D eigenvalue weighted by atomic mass is 32.2. The third-order valence-electron chi connectivity index (χ3n) is 3.45. The van der Waals surface area contributed by atoms with E-state index in [9.17, 15) is 8.42 Å². The first-order valence-electron chi connectivity index (χ1n) is 7.10. The number of hydrogen-bond acceptors (Lipinski definition) is 3. The lowest BCUT2D eigenvalue weighted by molar-refractivity contribution is 0.349. The van der Waals surface area contributed by atoms with Crippen LogP contribution in [0.4, 0.5) is 5.69 Å². The molecule has 0 saturated carbocycles. The van der Waals surface area contributed by atoms with Gasteiger partial charge in [0.15, 0.2) is 0 Å². The third-order valence-corrected chi connectivity index (χ3v) is 4.99. The largest absolute Gasteiger partial charge is 0.320 e. The van der Waals surface area contributed by atoms with Crippen LogP contribution in [0.2, 0.25) is 0 Å². The Kier molecular flexibility index (Phi) is 5.23.